The maximum absolute atomic E-state index is 11.4. The zero-order chi connectivity index (χ0) is 18.9. The molecule has 0 bridgehead atoms. The van der Waals surface area contributed by atoms with Gasteiger partial charge < -0.3 is 13.9 Å². The van der Waals surface area contributed by atoms with Crippen molar-refractivity contribution in [2.75, 3.05) is 13.2 Å². The number of hydrogen-bond acceptors (Lipinski definition) is 4. The average Bonchev–Trinajstić information content (AvgIpc) is 2.44. The summed E-state index contributed by atoms with van der Waals surface area (Å²) in [6, 6.07) is 6.14. The topological polar surface area (TPSA) is 62.5 Å². The van der Waals surface area contributed by atoms with Gasteiger partial charge in [0.15, 0.2) is 25.6 Å². The molecule has 1 rings (SSSR count). The van der Waals surface area contributed by atoms with Gasteiger partial charge in [0.2, 0.25) is 0 Å². The van der Waals surface area contributed by atoms with E-state index in [9.17, 15) is 35.8 Å². The number of rotatable bonds is 6. The van der Waals surface area contributed by atoms with E-state index >= 15 is 0 Å². The second-order valence-corrected chi connectivity index (χ2v) is 5.75. The standard InChI is InChI=1S/C8H12N.C4H5F6O4P/c1-2-6-9-7-4-3-5-8-9;5-3(6,7)1-13-15(11,12)14-2-4(8,9)10/h3-5,7-8H,2,6H2,1H3;1-2H2,(H,11,12)/q+1;/p-1. The summed E-state index contributed by atoms with van der Waals surface area (Å²) in [6.45, 7) is -1.15. The lowest BCUT2D eigenvalue weighted by molar-refractivity contribution is -0.697. The number of hydrogen-bond donors (Lipinski definition) is 0. The smallest absolute Gasteiger partial charge is 0.412 e. The molecule has 1 aromatic heterocycles. The molecule has 1 heterocycles. The quantitative estimate of drug-likeness (QED) is 0.431. The molecule has 1 aromatic rings. The van der Waals surface area contributed by atoms with E-state index in [0.717, 1.165) is 6.54 Å². The lowest BCUT2D eigenvalue weighted by atomic mass is 10.4. The van der Waals surface area contributed by atoms with E-state index in [1.165, 1.54) is 6.42 Å². The van der Waals surface area contributed by atoms with Crippen LogP contribution in [0.1, 0.15) is 13.3 Å². The highest BCUT2D eigenvalue weighted by Gasteiger charge is 2.33. The van der Waals surface area contributed by atoms with Gasteiger partial charge in [-0.25, -0.2) is 4.57 Å². The number of phosphoric acid groups is 1. The molecular formula is C12H16F6NO4P. The molecule has 0 saturated carbocycles. The molecule has 0 radical (unpaired) electrons. The SMILES string of the molecule is CCC[n+]1ccccc1.O=P([O-])(OCC(F)(F)F)OCC(F)(F)F. The number of aryl methyl sites for hydroxylation is 1. The van der Waals surface area contributed by atoms with Crippen LogP contribution in [0.4, 0.5) is 26.3 Å². The fraction of sp³-hybridized carbons (Fsp3) is 0.583. The van der Waals surface area contributed by atoms with Crippen LogP contribution in [-0.4, -0.2) is 25.6 Å². The second kappa shape index (κ2) is 9.97. The van der Waals surface area contributed by atoms with E-state index in [1.54, 1.807) is 0 Å². The Labute approximate surface area is 134 Å². The monoisotopic (exact) mass is 383 g/mol. The third kappa shape index (κ3) is 14.4. The third-order valence-corrected chi connectivity index (χ3v) is 2.92. The van der Waals surface area contributed by atoms with Crippen LogP contribution in [0, 0.1) is 0 Å². The van der Waals surface area contributed by atoms with Gasteiger partial charge in [-0.15, -0.1) is 0 Å². The second-order valence-electron chi connectivity index (χ2n) is 4.34. The van der Waals surface area contributed by atoms with Crippen molar-refractivity contribution in [2.45, 2.75) is 32.2 Å². The molecule has 0 aliphatic rings. The summed E-state index contributed by atoms with van der Waals surface area (Å²) < 4.78 is 87.2. The number of nitrogens with zero attached hydrogens (tertiary/aromatic N) is 1. The van der Waals surface area contributed by atoms with Crippen molar-refractivity contribution in [1.29, 1.82) is 0 Å². The first-order valence-electron chi connectivity index (χ1n) is 6.52. The van der Waals surface area contributed by atoms with Crippen LogP contribution in [0.5, 0.6) is 0 Å². The molecule has 0 fully saturated rings. The Kier molecular flexibility index (Phi) is 9.49. The Morgan fingerprint density at radius 1 is 0.958 bits per heavy atom. The molecule has 0 amide bonds. The van der Waals surface area contributed by atoms with Gasteiger partial charge in [-0.1, -0.05) is 13.0 Å². The molecule has 0 N–H and O–H groups in total. The molecule has 140 valence electrons. The summed E-state index contributed by atoms with van der Waals surface area (Å²) in [6.07, 6.45) is -4.56. The van der Waals surface area contributed by atoms with Crippen LogP contribution in [-0.2, 0) is 20.2 Å². The zero-order valence-corrected chi connectivity index (χ0v) is 13.4. The Balaban J connectivity index is 0.000000496. The predicted molar refractivity (Wildman–Crippen MR) is 68.5 cm³/mol. The van der Waals surface area contributed by atoms with Gasteiger partial charge in [-0.2, -0.15) is 26.3 Å². The number of aromatic nitrogens is 1. The Morgan fingerprint density at radius 3 is 1.71 bits per heavy atom. The zero-order valence-electron chi connectivity index (χ0n) is 12.5. The van der Waals surface area contributed by atoms with Crippen LogP contribution >= 0.6 is 7.82 Å². The van der Waals surface area contributed by atoms with Crippen molar-refractivity contribution >= 4 is 7.82 Å². The van der Waals surface area contributed by atoms with E-state index in [-0.39, 0.29) is 0 Å². The number of halogens is 6. The van der Waals surface area contributed by atoms with Crippen molar-refractivity contribution in [2.24, 2.45) is 0 Å². The van der Waals surface area contributed by atoms with Gasteiger partial charge in [0.1, 0.15) is 6.54 Å². The fourth-order valence-corrected chi connectivity index (χ4v) is 1.87. The molecule has 0 aromatic carbocycles. The van der Waals surface area contributed by atoms with Crippen LogP contribution in [0.15, 0.2) is 30.6 Å². The maximum atomic E-state index is 11.4. The summed E-state index contributed by atoms with van der Waals surface area (Å²) in [5.74, 6) is 0. The minimum Gasteiger partial charge on any atom is -0.756 e. The van der Waals surface area contributed by atoms with Gasteiger partial charge in [-0.05, 0) is 0 Å². The van der Waals surface area contributed by atoms with Gasteiger partial charge >= 0.3 is 12.4 Å². The van der Waals surface area contributed by atoms with E-state index in [0.29, 0.717) is 0 Å². The summed E-state index contributed by atoms with van der Waals surface area (Å²) in [4.78, 5) is 10.3. The van der Waals surface area contributed by atoms with Gasteiger partial charge in [0, 0.05) is 18.6 Å². The van der Waals surface area contributed by atoms with Crippen LogP contribution in [0.3, 0.4) is 0 Å². The molecule has 24 heavy (non-hydrogen) atoms. The molecule has 5 nitrogen and oxygen atoms in total. The minimum atomic E-state index is -5.58. The first kappa shape index (κ1) is 22.8. The fourth-order valence-electron chi connectivity index (χ4n) is 1.18. The van der Waals surface area contributed by atoms with Crippen LogP contribution < -0.4 is 9.46 Å². The Morgan fingerprint density at radius 2 is 1.38 bits per heavy atom. The molecule has 0 saturated heterocycles. The van der Waals surface area contributed by atoms with Crippen LogP contribution in [0.25, 0.3) is 0 Å². The normalized spacial score (nSPS) is 12.5. The summed E-state index contributed by atoms with van der Waals surface area (Å²) in [5, 5.41) is 0. The lowest BCUT2D eigenvalue weighted by Gasteiger charge is -2.23. The van der Waals surface area contributed by atoms with Gasteiger partial charge in [-0.3, -0.25) is 4.57 Å². The van der Waals surface area contributed by atoms with E-state index in [2.05, 4.69) is 45.1 Å². The third-order valence-electron chi connectivity index (χ3n) is 2.03. The summed E-state index contributed by atoms with van der Waals surface area (Å²) in [5.41, 5.74) is 0. The first-order chi connectivity index (χ1) is 10.8. The van der Waals surface area contributed by atoms with Crippen molar-refractivity contribution in [3.05, 3.63) is 30.6 Å². The van der Waals surface area contributed by atoms with Crippen molar-refractivity contribution in [3.63, 3.8) is 0 Å². The van der Waals surface area contributed by atoms with Crippen LogP contribution in [0.2, 0.25) is 0 Å². The molecule has 0 spiro atoms. The summed E-state index contributed by atoms with van der Waals surface area (Å²) >= 11 is 0. The van der Waals surface area contributed by atoms with E-state index in [1.807, 2.05) is 6.07 Å². The first-order valence-corrected chi connectivity index (χ1v) is 7.98. The highest BCUT2D eigenvalue weighted by atomic mass is 31.2. The number of pyridine rings is 1. The molecule has 0 aliphatic carbocycles. The number of alkyl halides is 6. The number of phosphoric ester groups is 1. The largest absolute Gasteiger partial charge is 0.756 e. The Hall–Kier alpha value is -1.16. The van der Waals surface area contributed by atoms with E-state index < -0.39 is 33.4 Å². The molecule has 0 atom stereocenters. The minimum absolute atomic E-state index is 1.13. The van der Waals surface area contributed by atoms with Crippen molar-refractivity contribution < 1.29 is 49.4 Å². The molecule has 0 unspecified atom stereocenters. The lowest BCUT2D eigenvalue weighted by Crippen LogP contribution is -2.31. The highest BCUT2D eigenvalue weighted by molar-refractivity contribution is 7.45. The highest BCUT2D eigenvalue weighted by Crippen LogP contribution is 2.41. The van der Waals surface area contributed by atoms with Gasteiger partial charge in [0.05, 0.1) is 0 Å². The molecular weight excluding hydrogens is 367 g/mol. The molecule has 12 heteroatoms. The van der Waals surface area contributed by atoms with Gasteiger partial charge in [0.25, 0.3) is 7.82 Å². The van der Waals surface area contributed by atoms with Crippen molar-refractivity contribution in [3.8, 4) is 0 Å². The van der Waals surface area contributed by atoms with E-state index in [4.69, 9.17) is 0 Å². The Bertz CT molecular complexity index is 487. The van der Waals surface area contributed by atoms with Crippen molar-refractivity contribution in [1.82, 2.24) is 0 Å². The summed E-state index contributed by atoms with van der Waals surface area (Å²) in [7, 11) is -5.58. The predicted octanol–water partition coefficient (Wildman–Crippen LogP) is 3.00. The molecule has 0 aliphatic heterocycles. The average molecular weight is 383 g/mol. The maximum Gasteiger partial charge on any atom is 0.412 e.